The van der Waals surface area contributed by atoms with E-state index in [4.69, 9.17) is 0 Å². The van der Waals surface area contributed by atoms with Gasteiger partial charge in [0.25, 0.3) is 5.56 Å². The van der Waals surface area contributed by atoms with Gasteiger partial charge in [0.1, 0.15) is 0 Å². The van der Waals surface area contributed by atoms with Gasteiger partial charge in [-0.05, 0) is 18.2 Å². The molecule has 0 radical (unpaired) electrons. The van der Waals surface area contributed by atoms with Gasteiger partial charge in [0, 0.05) is 5.69 Å². The maximum atomic E-state index is 11.4. The Kier molecular flexibility index (Phi) is 2.39. The van der Waals surface area contributed by atoms with E-state index >= 15 is 0 Å². The number of benzene rings is 1. The molecule has 0 saturated heterocycles. The van der Waals surface area contributed by atoms with Gasteiger partial charge in [-0.3, -0.25) is 9.52 Å². The van der Waals surface area contributed by atoms with E-state index in [2.05, 4.69) is 14.7 Å². The Morgan fingerprint density at radius 3 is 2.81 bits per heavy atom. The van der Waals surface area contributed by atoms with Crippen molar-refractivity contribution in [3.05, 3.63) is 34.9 Å². The predicted molar refractivity (Wildman–Crippen MR) is 60.8 cm³/mol. The number of H-pyrrole nitrogens is 1. The number of nitrogens with zero attached hydrogens (tertiary/aromatic N) is 1. The molecule has 0 aliphatic heterocycles. The Morgan fingerprint density at radius 2 is 2.12 bits per heavy atom. The third kappa shape index (κ3) is 2.19. The van der Waals surface area contributed by atoms with Crippen LogP contribution in [0.2, 0.25) is 0 Å². The van der Waals surface area contributed by atoms with E-state index in [1.165, 1.54) is 12.4 Å². The fourth-order valence-corrected chi connectivity index (χ4v) is 1.90. The molecule has 0 aliphatic rings. The lowest BCUT2D eigenvalue weighted by atomic mass is 10.2. The zero-order valence-corrected chi connectivity index (χ0v) is 9.21. The second kappa shape index (κ2) is 3.60. The summed E-state index contributed by atoms with van der Waals surface area (Å²) in [6.45, 7) is 0. The number of nitrogens with one attached hydrogen (secondary N) is 2. The molecule has 16 heavy (non-hydrogen) atoms. The van der Waals surface area contributed by atoms with Crippen molar-refractivity contribution in [2.24, 2.45) is 0 Å². The fraction of sp³-hybridized carbons (Fsp3) is 0.111. The second-order valence-electron chi connectivity index (χ2n) is 3.34. The van der Waals surface area contributed by atoms with Gasteiger partial charge in [-0.1, -0.05) is 0 Å². The fourth-order valence-electron chi connectivity index (χ4n) is 1.35. The third-order valence-electron chi connectivity index (χ3n) is 1.94. The monoisotopic (exact) mass is 239 g/mol. The van der Waals surface area contributed by atoms with Crippen molar-refractivity contribution in [2.75, 3.05) is 11.0 Å². The largest absolute Gasteiger partial charge is 0.313 e. The molecule has 1 aromatic heterocycles. The van der Waals surface area contributed by atoms with E-state index < -0.39 is 10.0 Å². The number of hydrogen-bond acceptors (Lipinski definition) is 4. The van der Waals surface area contributed by atoms with Crippen LogP contribution in [0.1, 0.15) is 0 Å². The number of anilines is 1. The third-order valence-corrected chi connectivity index (χ3v) is 2.55. The Hall–Kier alpha value is -1.89. The average molecular weight is 239 g/mol. The highest BCUT2D eigenvalue weighted by Crippen LogP contribution is 2.14. The van der Waals surface area contributed by atoms with Crippen LogP contribution >= 0.6 is 0 Å². The van der Waals surface area contributed by atoms with Gasteiger partial charge < -0.3 is 4.98 Å². The van der Waals surface area contributed by atoms with Crippen molar-refractivity contribution >= 4 is 26.6 Å². The van der Waals surface area contributed by atoms with Crippen LogP contribution in [-0.4, -0.2) is 24.6 Å². The van der Waals surface area contributed by atoms with Crippen molar-refractivity contribution < 1.29 is 8.42 Å². The maximum Gasteiger partial charge on any atom is 0.258 e. The van der Waals surface area contributed by atoms with E-state index in [9.17, 15) is 13.2 Å². The molecule has 1 aromatic carbocycles. The standard InChI is InChI=1S/C9H9N3O3S/c1-16(14,15)12-6-2-3-8-7(4-6)9(13)11-5-10-8/h2-5,12H,1H3,(H,10,11,13). The number of hydrogen-bond donors (Lipinski definition) is 2. The number of aromatic nitrogens is 2. The smallest absolute Gasteiger partial charge is 0.258 e. The Labute approximate surface area is 91.4 Å². The molecule has 6 nitrogen and oxygen atoms in total. The van der Waals surface area contributed by atoms with Gasteiger partial charge in [0.05, 0.1) is 23.5 Å². The lowest BCUT2D eigenvalue weighted by molar-refractivity contribution is 0.607. The first-order valence-electron chi connectivity index (χ1n) is 4.41. The minimum atomic E-state index is -3.34. The molecule has 0 spiro atoms. The molecule has 0 saturated carbocycles. The topological polar surface area (TPSA) is 91.9 Å². The van der Waals surface area contributed by atoms with Crippen LogP contribution in [0.15, 0.2) is 29.3 Å². The zero-order valence-electron chi connectivity index (χ0n) is 8.39. The van der Waals surface area contributed by atoms with Crippen LogP contribution in [0.3, 0.4) is 0 Å². The van der Waals surface area contributed by atoms with Gasteiger partial charge >= 0.3 is 0 Å². The SMILES string of the molecule is CS(=O)(=O)Nc1ccc2nc[nH]c(=O)c2c1. The van der Waals surface area contributed by atoms with Gasteiger partial charge in [-0.2, -0.15) is 0 Å². The molecule has 2 aromatic rings. The minimum absolute atomic E-state index is 0.304. The van der Waals surface area contributed by atoms with Gasteiger partial charge in [-0.15, -0.1) is 0 Å². The maximum absolute atomic E-state index is 11.4. The molecular formula is C9H9N3O3S. The quantitative estimate of drug-likeness (QED) is 0.788. The molecule has 0 aliphatic carbocycles. The zero-order chi connectivity index (χ0) is 11.8. The van der Waals surface area contributed by atoms with Crippen LogP contribution < -0.4 is 10.3 Å². The van der Waals surface area contributed by atoms with Gasteiger partial charge in [0.15, 0.2) is 0 Å². The summed E-state index contributed by atoms with van der Waals surface area (Å²) in [6, 6.07) is 4.58. The first-order valence-corrected chi connectivity index (χ1v) is 6.30. The summed E-state index contributed by atoms with van der Waals surface area (Å²) in [4.78, 5) is 17.8. The van der Waals surface area contributed by atoms with Crippen molar-refractivity contribution in [1.29, 1.82) is 0 Å². The van der Waals surface area contributed by atoms with Gasteiger partial charge in [-0.25, -0.2) is 13.4 Å². The van der Waals surface area contributed by atoms with Crippen molar-refractivity contribution in [3.63, 3.8) is 0 Å². The number of sulfonamides is 1. The molecule has 0 bridgehead atoms. The summed E-state index contributed by atoms with van der Waals surface area (Å²) in [5, 5.41) is 0.344. The molecule has 2 N–H and O–H groups in total. The van der Waals surface area contributed by atoms with Crippen LogP contribution in [0, 0.1) is 0 Å². The predicted octanol–water partition coefficient (Wildman–Crippen LogP) is 0.295. The highest BCUT2D eigenvalue weighted by Gasteiger charge is 2.04. The van der Waals surface area contributed by atoms with Crippen LogP contribution in [-0.2, 0) is 10.0 Å². The molecule has 0 amide bonds. The van der Waals surface area contributed by atoms with Crippen molar-refractivity contribution in [1.82, 2.24) is 9.97 Å². The molecule has 0 atom stereocenters. The summed E-state index contributed by atoms with van der Waals surface area (Å²) in [5.41, 5.74) is 0.554. The van der Waals surface area contributed by atoms with E-state index in [-0.39, 0.29) is 5.56 Å². The average Bonchev–Trinajstić information content (AvgIpc) is 2.17. The van der Waals surface area contributed by atoms with E-state index in [1.54, 1.807) is 12.1 Å². The lowest BCUT2D eigenvalue weighted by Gasteiger charge is -2.03. The minimum Gasteiger partial charge on any atom is -0.313 e. The number of rotatable bonds is 2. The Morgan fingerprint density at radius 1 is 1.38 bits per heavy atom. The normalized spacial score (nSPS) is 11.6. The molecular weight excluding hydrogens is 230 g/mol. The molecule has 0 fully saturated rings. The van der Waals surface area contributed by atoms with E-state index in [0.29, 0.717) is 16.6 Å². The van der Waals surface area contributed by atoms with Crippen molar-refractivity contribution in [3.8, 4) is 0 Å². The van der Waals surface area contributed by atoms with Crippen LogP contribution in [0.4, 0.5) is 5.69 Å². The summed E-state index contributed by atoms with van der Waals surface area (Å²) in [5.74, 6) is 0. The summed E-state index contributed by atoms with van der Waals surface area (Å²) >= 11 is 0. The summed E-state index contributed by atoms with van der Waals surface area (Å²) in [7, 11) is -3.34. The summed E-state index contributed by atoms with van der Waals surface area (Å²) in [6.07, 6.45) is 2.35. The van der Waals surface area contributed by atoms with E-state index in [0.717, 1.165) is 6.26 Å². The summed E-state index contributed by atoms with van der Waals surface area (Å²) < 4.78 is 24.3. The lowest BCUT2D eigenvalue weighted by Crippen LogP contribution is -2.11. The number of fused-ring (bicyclic) bond motifs is 1. The molecule has 2 rings (SSSR count). The molecule has 7 heteroatoms. The Balaban J connectivity index is 2.60. The highest BCUT2D eigenvalue weighted by atomic mass is 32.2. The van der Waals surface area contributed by atoms with Crippen LogP contribution in [0.5, 0.6) is 0 Å². The van der Waals surface area contributed by atoms with E-state index in [1.807, 2.05) is 0 Å². The molecule has 0 unspecified atom stereocenters. The molecule has 84 valence electrons. The van der Waals surface area contributed by atoms with Crippen LogP contribution in [0.25, 0.3) is 10.9 Å². The molecule has 1 heterocycles. The first-order chi connectivity index (χ1) is 7.46. The van der Waals surface area contributed by atoms with Crippen molar-refractivity contribution in [2.45, 2.75) is 0 Å². The second-order valence-corrected chi connectivity index (χ2v) is 5.09. The Bertz CT molecular complexity index is 690. The van der Waals surface area contributed by atoms with Gasteiger partial charge in [0.2, 0.25) is 10.0 Å². The highest BCUT2D eigenvalue weighted by molar-refractivity contribution is 7.92. The number of aromatic amines is 1. The first kappa shape index (κ1) is 10.6.